The topological polar surface area (TPSA) is 47.6 Å². The molecule has 0 aromatic heterocycles. The van der Waals surface area contributed by atoms with Crippen molar-refractivity contribution in [3.8, 4) is 5.75 Å². The lowest BCUT2D eigenvalue weighted by Gasteiger charge is -2.11. The predicted octanol–water partition coefficient (Wildman–Crippen LogP) is 3.24. The molecule has 134 valence electrons. The minimum atomic E-state index is -0.236. The number of carbonyl (C=O) groups excluding carboxylic acids is 1. The highest BCUT2D eigenvalue weighted by atomic mass is 35.5. The van der Waals surface area contributed by atoms with Crippen molar-refractivity contribution < 1.29 is 14.2 Å². The maximum atomic E-state index is 12.5. The molecule has 0 aliphatic carbocycles. The summed E-state index contributed by atoms with van der Waals surface area (Å²) in [5, 5.41) is 3.35. The molecule has 0 radical (unpaired) electrons. The molecule has 0 unspecified atom stereocenters. The molecule has 0 fully saturated rings. The Hall–Kier alpha value is -2.76. The molecule has 27 heavy (non-hydrogen) atoms. The minimum Gasteiger partial charge on any atom is -0.497 e. The number of hydrogen-bond donors (Lipinski definition) is 1. The number of hydrogen-bond acceptors (Lipinski definition) is 3. The molecule has 1 heterocycles. The van der Waals surface area contributed by atoms with Crippen LogP contribution in [0.3, 0.4) is 0 Å². The van der Waals surface area contributed by atoms with Gasteiger partial charge in [0.25, 0.3) is 5.91 Å². The Labute approximate surface area is 163 Å². The molecular weight excluding hydrogens is 361 g/mol. The minimum absolute atomic E-state index is 0.164. The number of methoxy groups -OCH3 is 1. The number of ether oxygens (including phenoxy) is 1. The maximum absolute atomic E-state index is 12.5. The lowest BCUT2D eigenvalue weighted by molar-refractivity contribution is 0.102. The molecule has 6 heteroatoms. The summed E-state index contributed by atoms with van der Waals surface area (Å²) >= 11 is 6.12. The van der Waals surface area contributed by atoms with Crippen molar-refractivity contribution in [3.63, 3.8) is 0 Å². The highest BCUT2D eigenvalue weighted by Crippen LogP contribution is 2.19. The Kier molecular flexibility index (Phi) is 4.88. The van der Waals surface area contributed by atoms with Crippen molar-refractivity contribution in [2.75, 3.05) is 12.4 Å². The van der Waals surface area contributed by atoms with Crippen molar-refractivity contribution in [3.05, 3.63) is 82.9 Å². The van der Waals surface area contributed by atoms with Gasteiger partial charge in [0.15, 0.2) is 0 Å². The number of rotatable bonds is 4. The van der Waals surface area contributed by atoms with Crippen molar-refractivity contribution in [1.82, 2.24) is 0 Å². The summed E-state index contributed by atoms with van der Waals surface area (Å²) in [4.78, 5) is 12.5. The van der Waals surface area contributed by atoms with Crippen LogP contribution in [-0.4, -0.2) is 19.9 Å². The number of carbonyl (C=O) groups is 1. The summed E-state index contributed by atoms with van der Waals surface area (Å²) in [6.07, 6.45) is 0. The molecule has 0 bridgehead atoms. The first-order chi connectivity index (χ1) is 13.2. The van der Waals surface area contributed by atoms with E-state index in [4.69, 9.17) is 21.0 Å². The number of fused-ring (bicyclic) bond motifs is 1. The van der Waals surface area contributed by atoms with Crippen molar-refractivity contribution in [1.29, 1.82) is 0 Å². The maximum Gasteiger partial charge on any atom is 0.362 e. The first-order valence-electron chi connectivity index (χ1n) is 8.60. The Morgan fingerprint density at radius 3 is 2.63 bits per heavy atom. The van der Waals surface area contributed by atoms with Crippen LogP contribution in [0.15, 0.2) is 66.7 Å². The van der Waals surface area contributed by atoms with Crippen LogP contribution < -0.4 is 21.0 Å². The van der Waals surface area contributed by atoms with E-state index in [2.05, 4.69) is 5.32 Å². The van der Waals surface area contributed by atoms with Gasteiger partial charge >= 0.3 is 6.92 Å². The molecule has 3 aromatic carbocycles. The number of benzene rings is 3. The third-order valence-electron chi connectivity index (χ3n) is 4.63. The summed E-state index contributed by atoms with van der Waals surface area (Å²) in [6.45, 7) is 0.383. The van der Waals surface area contributed by atoms with Gasteiger partial charge in [-0.25, -0.2) is 0 Å². The van der Waals surface area contributed by atoms with Gasteiger partial charge in [-0.15, -0.1) is 0 Å². The van der Waals surface area contributed by atoms with Crippen LogP contribution in [-0.2, 0) is 11.3 Å². The van der Waals surface area contributed by atoms with E-state index >= 15 is 0 Å². The number of amides is 1. The van der Waals surface area contributed by atoms with Gasteiger partial charge in [-0.05, 0) is 52.9 Å². The van der Waals surface area contributed by atoms with Crippen molar-refractivity contribution in [2.24, 2.45) is 0 Å². The zero-order chi connectivity index (χ0) is 18.8. The molecule has 1 amide bonds. The Morgan fingerprint density at radius 1 is 1.11 bits per heavy atom. The van der Waals surface area contributed by atoms with Crippen LogP contribution >= 0.6 is 11.6 Å². The average Bonchev–Trinajstić information content (AvgIpc) is 3.11. The second-order valence-corrected chi connectivity index (χ2v) is 6.72. The molecule has 0 saturated heterocycles. The van der Waals surface area contributed by atoms with E-state index in [9.17, 15) is 4.79 Å². The molecule has 0 spiro atoms. The predicted molar refractivity (Wildman–Crippen MR) is 109 cm³/mol. The van der Waals surface area contributed by atoms with Gasteiger partial charge in [-0.3, -0.25) is 4.79 Å². The molecule has 1 aliphatic rings. The van der Waals surface area contributed by atoms with Gasteiger partial charge in [0, 0.05) is 5.69 Å². The highest BCUT2D eigenvalue weighted by Gasteiger charge is 2.30. The zero-order valence-corrected chi connectivity index (χ0v) is 15.5. The fourth-order valence-electron chi connectivity index (χ4n) is 3.21. The first-order valence-corrected chi connectivity index (χ1v) is 8.98. The molecule has 1 aliphatic heterocycles. The van der Waals surface area contributed by atoms with Gasteiger partial charge in [-0.1, -0.05) is 41.9 Å². The first kappa shape index (κ1) is 17.6. The summed E-state index contributed by atoms with van der Waals surface area (Å²) in [6, 6.07) is 20.6. The summed E-state index contributed by atoms with van der Waals surface area (Å²) in [5.41, 5.74) is 4.37. The average molecular weight is 378 g/mol. The van der Waals surface area contributed by atoms with E-state index in [0.29, 0.717) is 22.9 Å². The highest BCUT2D eigenvalue weighted by molar-refractivity contribution is 6.81. The number of nitrogens with one attached hydrogen (secondary N) is 1. The van der Waals surface area contributed by atoms with Crippen molar-refractivity contribution >= 4 is 41.0 Å². The largest absolute Gasteiger partial charge is 0.497 e. The van der Waals surface area contributed by atoms with E-state index in [-0.39, 0.29) is 12.8 Å². The van der Waals surface area contributed by atoms with Crippen LogP contribution in [0.1, 0.15) is 15.9 Å². The summed E-state index contributed by atoms with van der Waals surface area (Å²) < 4.78 is 11.2. The van der Waals surface area contributed by atoms with Crippen LogP contribution in [0.5, 0.6) is 5.75 Å². The lowest BCUT2D eigenvalue weighted by atomic mass is 9.56. The van der Waals surface area contributed by atoms with Gasteiger partial charge < -0.3 is 14.7 Å². The molecule has 1 N–H and O–H groups in total. The molecular formula is C21H17BClNO3. The van der Waals surface area contributed by atoms with Crippen LogP contribution in [0.2, 0.25) is 5.02 Å². The van der Waals surface area contributed by atoms with Gasteiger partial charge in [0.05, 0.1) is 24.3 Å². The molecule has 0 atom stereocenters. The lowest BCUT2D eigenvalue weighted by Crippen LogP contribution is -2.41. The Bertz CT molecular complexity index is 991. The number of anilines is 1. The van der Waals surface area contributed by atoms with Crippen LogP contribution in [0, 0.1) is 0 Å². The Balaban J connectivity index is 1.59. The summed E-state index contributed by atoms with van der Waals surface area (Å²) in [5.74, 6) is 0.568. The third-order valence-corrected chi connectivity index (χ3v) is 4.96. The second-order valence-electron chi connectivity index (χ2n) is 6.31. The third kappa shape index (κ3) is 3.57. The van der Waals surface area contributed by atoms with Gasteiger partial charge in [0.1, 0.15) is 5.75 Å². The Morgan fingerprint density at radius 2 is 1.89 bits per heavy atom. The van der Waals surface area contributed by atoms with E-state index in [0.717, 1.165) is 22.2 Å². The summed E-state index contributed by atoms with van der Waals surface area (Å²) in [7, 11) is 1.64. The van der Waals surface area contributed by atoms with Gasteiger partial charge in [-0.2, -0.15) is 0 Å². The molecule has 3 aromatic rings. The molecule has 4 nitrogen and oxygen atoms in total. The second kappa shape index (κ2) is 7.47. The van der Waals surface area contributed by atoms with E-state index in [1.54, 1.807) is 31.4 Å². The monoisotopic (exact) mass is 377 g/mol. The van der Waals surface area contributed by atoms with Crippen LogP contribution in [0.25, 0.3) is 0 Å². The van der Waals surface area contributed by atoms with Gasteiger partial charge in [0.2, 0.25) is 0 Å². The number of halogens is 1. The molecule has 4 rings (SSSR count). The smallest absolute Gasteiger partial charge is 0.362 e. The fraction of sp³-hybridized carbons (Fsp3) is 0.0952. The fourth-order valence-corrected chi connectivity index (χ4v) is 3.43. The standard InChI is InChI=1S/C21H17BClNO3/c1-26-17-10-7-15(8-11-17)22-19-12-16(9-6-14(19)13-27-22)24-21(25)18-4-2-3-5-20(18)23/h2-12H,13H2,1H3,(H,24,25). The van der Waals surface area contributed by atoms with Crippen molar-refractivity contribution in [2.45, 2.75) is 6.61 Å². The normalized spacial score (nSPS) is 12.6. The quantitative estimate of drug-likeness (QED) is 0.710. The van der Waals surface area contributed by atoms with E-state index < -0.39 is 0 Å². The SMILES string of the molecule is COc1ccc(B2OCc3ccc(NC(=O)c4ccccc4Cl)cc32)cc1. The van der Waals surface area contributed by atoms with Crippen LogP contribution in [0.4, 0.5) is 5.69 Å². The van der Waals surface area contributed by atoms with E-state index in [1.165, 1.54) is 0 Å². The molecule has 0 saturated carbocycles. The zero-order valence-electron chi connectivity index (χ0n) is 14.7. The van der Waals surface area contributed by atoms with E-state index in [1.807, 2.05) is 42.5 Å².